The number of alkyl halides is 3. The minimum Gasteiger partial charge on any atom is -0.511 e. The lowest BCUT2D eigenvalue weighted by Crippen LogP contribution is -2.33. The Morgan fingerprint density at radius 2 is 2.00 bits per heavy atom. The van der Waals surface area contributed by atoms with E-state index in [1.54, 1.807) is 6.07 Å². The number of hydrogen-bond acceptors (Lipinski definition) is 4. The fraction of sp³-hybridized carbons (Fsp3) is 0.500. The number of benzene rings is 1. The molecule has 2 aromatic rings. The van der Waals surface area contributed by atoms with Gasteiger partial charge in [-0.25, -0.2) is 0 Å². The molecule has 174 valence electrons. The number of aliphatic hydroxyl groups excluding tert-OH is 1. The van der Waals surface area contributed by atoms with Gasteiger partial charge in [-0.15, -0.1) is 13.2 Å². The van der Waals surface area contributed by atoms with Crippen LogP contribution in [0.3, 0.4) is 0 Å². The zero-order valence-corrected chi connectivity index (χ0v) is 18.8. The highest BCUT2D eigenvalue weighted by Gasteiger charge is 2.36. The third kappa shape index (κ3) is 5.53. The topological polar surface area (TPSA) is 74.7 Å². The third-order valence-corrected chi connectivity index (χ3v) is 5.62. The van der Waals surface area contributed by atoms with Gasteiger partial charge in [-0.3, -0.25) is 9.79 Å². The molecule has 5 nitrogen and oxygen atoms in total. The number of Topliss-reactive ketones (excluding diaryl/α,β-unsaturated/α-hetero) is 1. The summed E-state index contributed by atoms with van der Waals surface area (Å²) in [6.45, 7) is 8.14. The summed E-state index contributed by atoms with van der Waals surface area (Å²) in [7, 11) is 0. The van der Waals surface area contributed by atoms with Crippen molar-refractivity contribution < 1.29 is 27.8 Å². The van der Waals surface area contributed by atoms with E-state index in [1.807, 2.05) is 27.7 Å². The Labute approximate surface area is 185 Å². The molecule has 0 atom stereocenters. The van der Waals surface area contributed by atoms with E-state index in [0.717, 1.165) is 23.2 Å². The van der Waals surface area contributed by atoms with E-state index in [-0.39, 0.29) is 22.7 Å². The molecule has 1 saturated carbocycles. The van der Waals surface area contributed by atoms with Gasteiger partial charge >= 0.3 is 6.36 Å². The maximum Gasteiger partial charge on any atom is 0.573 e. The Kier molecular flexibility index (Phi) is 6.72. The second-order valence-electron chi connectivity index (χ2n) is 9.07. The van der Waals surface area contributed by atoms with E-state index in [2.05, 4.69) is 14.7 Å². The highest BCUT2D eigenvalue weighted by molar-refractivity contribution is 6.24. The van der Waals surface area contributed by atoms with E-state index in [0.29, 0.717) is 48.9 Å². The number of aromatic amines is 1. The largest absolute Gasteiger partial charge is 0.573 e. The highest BCUT2D eigenvalue weighted by atomic mass is 19.4. The zero-order chi connectivity index (χ0) is 23.7. The van der Waals surface area contributed by atoms with Crippen molar-refractivity contribution in [2.24, 2.45) is 10.4 Å². The van der Waals surface area contributed by atoms with Gasteiger partial charge < -0.3 is 14.8 Å². The molecule has 1 heterocycles. The van der Waals surface area contributed by atoms with Crippen molar-refractivity contribution in [2.45, 2.75) is 66.2 Å². The molecule has 1 aromatic heterocycles. The number of fused-ring (bicyclic) bond motifs is 1. The number of ether oxygens (including phenoxy) is 1. The Bertz CT molecular complexity index is 1080. The average molecular weight is 451 g/mol. The highest BCUT2D eigenvalue weighted by Crippen LogP contribution is 2.36. The van der Waals surface area contributed by atoms with Crippen LogP contribution in [0.1, 0.15) is 57.7 Å². The van der Waals surface area contributed by atoms with Crippen LogP contribution in [0.4, 0.5) is 13.2 Å². The maximum absolute atomic E-state index is 12.7. The average Bonchev–Trinajstić information content (AvgIpc) is 2.94. The molecule has 1 fully saturated rings. The molecule has 0 amide bonds. The molecule has 0 unspecified atom stereocenters. The van der Waals surface area contributed by atoms with Crippen molar-refractivity contribution in [3.05, 3.63) is 40.8 Å². The lowest BCUT2D eigenvalue weighted by atomic mass is 9.73. The SMILES string of the molecule is CCC/C(O)=C1\C(=O)CC(C)(C)CC1=NCCc1c(C)[nH]c2ccc(OC(F)(F)F)cc12. The first kappa shape index (κ1) is 23.9. The summed E-state index contributed by atoms with van der Waals surface area (Å²) in [4.78, 5) is 20.6. The van der Waals surface area contributed by atoms with Crippen molar-refractivity contribution in [3.8, 4) is 5.75 Å². The van der Waals surface area contributed by atoms with Crippen molar-refractivity contribution >= 4 is 22.4 Å². The number of nitrogens with one attached hydrogen (secondary N) is 1. The van der Waals surface area contributed by atoms with Crippen LogP contribution in [0.15, 0.2) is 34.5 Å². The van der Waals surface area contributed by atoms with Gasteiger partial charge in [0.25, 0.3) is 0 Å². The monoisotopic (exact) mass is 450 g/mol. The first-order chi connectivity index (χ1) is 14.9. The molecule has 2 N–H and O–H groups in total. The summed E-state index contributed by atoms with van der Waals surface area (Å²) in [6.07, 6.45) is -2.20. The number of H-pyrrole nitrogens is 1. The number of rotatable bonds is 6. The van der Waals surface area contributed by atoms with Gasteiger partial charge in [-0.1, -0.05) is 20.8 Å². The van der Waals surface area contributed by atoms with Crippen molar-refractivity contribution in [2.75, 3.05) is 6.54 Å². The van der Waals surface area contributed by atoms with Crippen LogP contribution in [0, 0.1) is 12.3 Å². The Morgan fingerprint density at radius 1 is 1.28 bits per heavy atom. The normalized spacial score (nSPS) is 19.6. The first-order valence-corrected chi connectivity index (χ1v) is 10.8. The van der Waals surface area contributed by atoms with Gasteiger partial charge in [0, 0.05) is 41.7 Å². The van der Waals surface area contributed by atoms with Crippen LogP contribution in [0.2, 0.25) is 0 Å². The lowest BCUT2D eigenvalue weighted by Gasteiger charge is -2.31. The fourth-order valence-corrected chi connectivity index (χ4v) is 4.30. The van der Waals surface area contributed by atoms with Gasteiger partial charge in [-0.2, -0.15) is 0 Å². The lowest BCUT2D eigenvalue weighted by molar-refractivity contribution is -0.274. The number of ketones is 1. The van der Waals surface area contributed by atoms with Crippen LogP contribution in [-0.4, -0.2) is 34.5 Å². The van der Waals surface area contributed by atoms with Crippen molar-refractivity contribution in [1.82, 2.24) is 4.98 Å². The molecular weight excluding hydrogens is 421 g/mol. The number of carbonyl (C=O) groups is 1. The molecule has 8 heteroatoms. The predicted octanol–water partition coefficient (Wildman–Crippen LogP) is 6.36. The second-order valence-corrected chi connectivity index (χ2v) is 9.07. The molecule has 1 aliphatic carbocycles. The fourth-order valence-electron chi connectivity index (χ4n) is 4.30. The van der Waals surface area contributed by atoms with Gasteiger partial charge in [0.1, 0.15) is 11.5 Å². The summed E-state index contributed by atoms with van der Waals surface area (Å²) < 4.78 is 41.9. The van der Waals surface area contributed by atoms with Gasteiger partial charge in [0.2, 0.25) is 0 Å². The Hall–Kier alpha value is -2.77. The Morgan fingerprint density at radius 3 is 2.66 bits per heavy atom. The smallest absolute Gasteiger partial charge is 0.511 e. The van der Waals surface area contributed by atoms with Gasteiger partial charge in [0.15, 0.2) is 5.78 Å². The van der Waals surface area contributed by atoms with Crippen LogP contribution < -0.4 is 4.74 Å². The summed E-state index contributed by atoms with van der Waals surface area (Å²) in [6, 6.07) is 4.21. The quantitative estimate of drug-likeness (QED) is 0.397. The number of nitrogens with zero attached hydrogens (tertiary/aromatic N) is 1. The van der Waals surface area contributed by atoms with Crippen molar-refractivity contribution in [1.29, 1.82) is 0 Å². The van der Waals surface area contributed by atoms with Gasteiger partial charge in [-0.05, 0) is 55.4 Å². The third-order valence-electron chi connectivity index (χ3n) is 5.62. The molecule has 0 spiro atoms. The summed E-state index contributed by atoms with van der Waals surface area (Å²) in [5.41, 5.74) is 3.11. The summed E-state index contributed by atoms with van der Waals surface area (Å²) in [5, 5.41) is 11.1. The molecule has 0 aliphatic heterocycles. The molecule has 3 rings (SSSR count). The van der Waals surface area contributed by atoms with E-state index in [4.69, 9.17) is 0 Å². The van der Waals surface area contributed by atoms with E-state index < -0.39 is 6.36 Å². The number of aliphatic imine (C=N–C) groups is 1. The molecule has 0 bridgehead atoms. The molecule has 1 aromatic carbocycles. The van der Waals surface area contributed by atoms with Crippen LogP contribution in [0.25, 0.3) is 10.9 Å². The van der Waals surface area contributed by atoms with E-state index in [1.165, 1.54) is 12.1 Å². The maximum atomic E-state index is 12.7. The standard InChI is InChI=1S/C24H29F3N2O3/c1-5-6-20(30)22-19(12-23(3,4)13-21(22)31)28-10-9-16-14(2)29-18-8-7-15(11-17(16)18)32-24(25,26)27/h7-8,11,29-30H,5-6,9-10,12-13H2,1-4H3/b22-20+,28-19?. The van der Waals surface area contributed by atoms with E-state index in [9.17, 15) is 23.1 Å². The first-order valence-electron chi connectivity index (χ1n) is 10.8. The zero-order valence-electron chi connectivity index (χ0n) is 18.8. The summed E-state index contributed by atoms with van der Waals surface area (Å²) in [5.74, 6) is -0.280. The number of halogens is 3. The molecule has 0 radical (unpaired) electrons. The minimum absolute atomic E-state index is 0.0870. The number of hydrogen-bond donors (Lipinski definition) is 2. The van der Waals surface area contributed by atoms with Gasteiger partial charge in [0.05, 0.1) is 5.57 Å². The molecule has 1 aliphatic rings. The van der Waals surface area contributed by atoms with E-state index >= 15 is 0 Å². The molecular formula is C24H29F3N2O3. The number of allylic oxidation sites excluding steroid dienone is 2. The number of aromatic nitrogens is 1. The minimum atomic E-state index is -4.76. The number of aliphatic hydroxyl groups is 1. The second kappa shape index (κ2) is 9.00. The predicted molar refractivity (Wildman–Crippen MR) is 118 cm³/mol. The van der Waals surface area contributed by atoms with Crippen LogP contribution in [0.5, 0.6) is 5.75 Å². The Balaban J connectivity index is 1.89. The van der Waals surface area contributed by atoms with Crippen LogP contribution >= 0.6 is 0 Å². The summed E-state index contributed by atoms with van der Waals surface area (Å²) >= 11 is 0. The van der Waals surface area contributed by atoms with Crippen molar-refractivity contribution in [3.63, 3.8) is 0 Å². The number of aryl methyl sites for hydroxylation is 1. The number of carbonyl (C=O) groups excluding carboxylic acids is 1. The van der Waals surface area contributed by atoms with Crippen LogP contribution in [-0.2, 0) is 11.2 Å². The molecule has 32 heavy (non-hydrogen) atoms. The molecule has 0 saturated heterocycles.